The molecule has 0 radical (unpaired) electrons. The van der Waals surface area contributed by atoms with E-state index in [-0.39, 0.29) is 0 Å². The lowest BCUT2D eigenvalue weighted by Crippen LogP contribution is -2.13. The summed E-state index contributed by atoms with van der Waals surface area (Å²) in [5.41, 5.74) is 0.921. The number of anilines is 1. The van der Waals surface area contributed by atoms with Gasteiger partial charge in [-0.3, -0.25) is 0 Å². The minimum absolute atomic E-state index is 0.469. The first kappa shape index (κ1) is 16.7. The van der Waals surface area contributed by atoms with E-state index in [4.69, 9.17) is 14.2 Å². The lowest BCUT2D eigenvalue weighted by atomic mass is 10.3. The van der Waals surface area contributed by atoms with Gasteiger partial charge in [-0.15, -0.1) is 0 Å². The molecule has 1 aromatic heterocycles. The van der Waals surface area contributed by atoms with E-state index in [1.807, 2.05) is 14.0 Å². The summed E-state index contributed by atoms with van der Waals surface area (Å²) in [6, 6.07) is 0. The molecule has 1 rings (SSSR count). The molecule has 6 heteroatoms. The SMILES string of the molecule is CCCc1nc(NC)c(C)c(OCCOCCOC)n1. The van der Waals surface area contributed by atoms with Gasteiger partial charge < -0.3 is 19.5 Å². The zero-order valence-electron chi connectivity index (χ0n) is 12.9. The van der Waals surface area contributed by atoms with E-state index in [9.17, 15) is 0 Å². The van der Waals surface area contributed by atoms with Crippen molar-refractivity contribution in [2.24, 2.45) is 0 Å². The summed E-state index contributed by atoms with van der Waals surface area (Å²) in [4.78, 5) is 8.91. The second kappa shape index (κ2) is 9.50. The Kier molecular flexibility index (Phi) is 7.91. The van der Waals surface area contributed by atoms with Gasteiger partial charge in [-0.2, -0.15) is 4.98 Å². The first-order chi connectivity index (χ1) is 9.72. The van der Waals surface area contributed by atoms with Crippen LogP contribution < -0.4 is 10.1 Å². The number of hydrogen-bond donors (Lipinski definition) is 1. The Labute approximate surface area is 120 Å². The maximum atomic E-state index is 5.69. The zero-order chi connectivity index (χ0) is 14.8. The first-order valence-corrected chi connectivity index (χ1v) is 6.97. The third kappa shape index (κ3) is 5.30. The van der Waals surface area contributed by atoms with Crippen LogP contribution in [0.1, 0.15) is 24.7 Å². The van der Waals surface area contributed by atoms with Crippen molar-refractivity contribution in [3.05, 3.63) is 11.4 Å². The Hall–Kier alpha value is -1.40. The monoisotopic (exact) mass is 283 g/mol. The third-order valence-electron chi connectivity index (χ3n) is 2.76. The topological polar surface area (TPSA) is 65.5 Å². The minimum Gasteiger partial charge on any atom is -0.475 e. The van der Waals surface area contributed by atoms with Gasteiger partial charge >= 0.3 is 0 Å². The summed E-state index contributed by atoms with van der Waals surface area (Å²) < 4.78 is 16.0. The Morgan fingerprint density at radius 1 is 1.10 bits per heavy atom. The van der Waals surface area contributed by atoms with E-state index < -0.39 is 0 Å². The molecule has 0 amide bonds. The Morgan fingerprint density at radius 3 is 2.50 bits per heavy atom. The molecule has 1 N–H and O–H groups in total. The highest BCUT2D eigenvalue weighted by Crippen LogP contribution is 2.22. The number of methoxy groups -OCH3 is 1. The molecule has 1 aromatic rings. The van der Waals surface area contributed by atoms with Crippen molar-refractivity contribution in [2.45, 2.75) is 26.7 Å². The van der Waals surface area contributed by atoms with Gasteiger partial charge in [-0.25, -0.2) is 4.98 Å². The molecule has 0 atom stereocenters. The maximum absolute atomic E-state index is 5.69. The van der Waals surface area contributed by atoms with Crippen LogP contribution in [-0.4, -0.2) is 50.6 Å². The van der Waals surface area contributed by atoms with Crippen molar-refractivity contribution in [1.29, 1.82) is 0 Å². The van der Waals surface area contributed by atoms with E-state index in [1.165, 1.54) is 0 Å². The largest absolute Gasteiger partial charge is 0.475 e. The summed E-state index contributed by atoms with van der Waals surface area (Å²) in [7, 11) is 3.50. The number of aryl methyl sites for hydroxylation is 1. The van der Waals surface area contributed by atoms with E-state index in [0.29, 0.717) is 32.3 Å². The standard InChI is InChI=1S/C14H25N3O3/c1-5-6-12-16-13(15-3)11(2)14(17-12)20-10-9-19-8-7-18-4/h5-10H2,1-4H3,(H,15,16,17). The van der Waals surface area contributed by atoms with Gasteiger partial charge in [0, 0.05) is 20.6 Å². The quantitative estimate of drug-likeness (QED) is 0.661. The molecular weight excluding hydrogens is 258 g/mol. The molecule has 0 unspecified atom stereocenters. The van der Waals surface area contributed by atoms with Crippen LogP contribution in [0.5, 0.6) is 5.88 Å². The average molecular weight is 283 g/mol. The Bertz CT molecular complexity index is 399. The molecule has 114 valence electrons. The predicted molar refractivity (Wildman–Crippen MR) is 78.5 cm³/mol. The molecule has 0 fully saturated rings. The van der Waals surface area contributed by atoms with Crippen LogP contribution in [-0.2, 0) is 15.9 Å². The van der Waals surface area contributed by atoms with Crippen molar-refractivity contribution in [1.82, 2.24) is 9.97 Å². The number of rotatable bonds is 10. The summed E-state index contributed by atoms with van der Waals surface area (Å²) in [5.74, 6) is 2.25. The van der Waals surface area contributed by atoms with Gasteiger partial charge in [-0.05, 0) is 13.3 Å². The van der Waals surface area contributed by atoms with Crippen molar-refractivity contribution in [2.75, 3.05) is 45.9 Å². The molecule has 0 aromatic carbocycles. The van der Waals surface area contributed by atoms with Crippen LogP contribution >= 0.6 is 0 Å². The van der Waals surface area contributed by atoms with Crippen LogP contribution in [0.4, 0.5) is 5.82 Å². The minimum atomic E-state index is 0.469. The third-order valence-corrected chi connectivity index (χ3v) is 2.76. The number of hydrogen-bond acceptors (Lipinski definition) is 6. The molecule has 0 aliphatic carbocycles. The van der Waals surface area contributed by atoms with Crippen LogP contribution in [0.15, 0.2) is 0 Å². The van der Waals surface area contributed by atoms with Crippen molar-refractivity contribution in [3.8, 4) is 5.88 Å². The first-order valence-electron chi connectivity index (χ1n) is 6.97. The van der Waals surface area contributed by atoms with Gasteiger partial charge in [0.05, 0.1) is 25.4 Å². The fourth-order valence-electron chi connectivity index (χ4n) is 1.70. The average Bonchev–Trinajstić information content (AvgIpc) is 2.45. The van der Waals surface area contributed by atoms with E-state index in [1.54, 1.807) is 7.11 Å². The fraction of sp³-hybridized carbons (Fsp3) is 0.714. The summed E-state index contributed by atoms with van der Waals surface area (Å²) in [6.07, 6.45) is 1.85. The zero-order valence-corrected chi connectivity index (χ0v) is 12.9. The number of aromatic nitrogens is 2. The summed E-state index contributed by atoms with van der Waals surface area (Å²) >= 11 is 0. The van der Waals surface area contributed by atoms with Crippen LogP contribution in [0.3, 0.4) is 0 Å². The molecule has 6 nitrogen and oxygen atoms in total. The summed E-state index contributed by atoms with van der Waals surface area (Å²) in [5, 5.41) is 3.07. The van der Waals surface area contributed by atoms with Crippen molar-refractivity contribution >= 4 is 5.82 Å². The lowest BCUT2D eigenvalue weighted by molar-refractivity contribution is 0.0535. The highest BCUT2D eigenvalue weighted by atomic mass is 16.5. The van der Waals surface area contributed by atoms with Crippen LogP contribution in [0, 0.1) is 6.92 Å². The smallest absolute Gasteiger partial charge is 0.221 e. The Morgan fingerprint density at radius 2 is 1.85 bits per heavy atom. The normalized spacial score (nSPS) is 10.6. The molecular formula is C14H25N3O3. The molecule has 0 saturated heterocycles. The highest BCUT2D eigenvalue weighted by Gasteiger charge is 2.10. The van der Waals surface area contributed by atoms with E-state index >= 15 is 0 Å². The van der Waals surface area contributed by atoms with Gasteiger partial charge in [0.15, 0.2) is 0 Å². The molecule has 0 saturated carbocycles. The molecule has 0 aliphatic heterocycles. The number of nitrogens with zero attached hydrogens (tertiary/aromatic N) is 2. The Balaban J connectivity index is 2.56. The number of nitrogens with one attached hydrogen (secondary N) is 1. The van der Waals surface area contributed by atoms with Gasteiger partial charge in [0.2, 0.25) is 5.88 Å². The van der Waals surface area contributed by atoms with Crippen LogP contribution in [0.2, 0.25) is 0 Å². The highest BCUT2D eigenvalue weighted by molar-refractivity contribution is 5.48. The molecule has 0 aliphatic rings. The van der Waals surface area contributed by atoms with Gasteiger partial charge in [0.1, 0.15) is 18.2 Å². The molecule has 0 spiro atoms. The lowest BCUT2D eigenvalue weighted by Gasteiger charge is -2.13. The molecule has 1 heterocycles. The second-order valence-corrected chi connectivity index (χ2v) is 4.37. The number of ether oxygens (including phenoxy) is 3. The summed E-state index contributed by atoms with van der Waals surface area (Å²) in [6.45, 7) is 6.21. The molecule has 0 bridgehead atoms. The maximum Gasteiger partial charge on any atom is 0.221 e. The van der Waals surface area contributed by atoms with Crippen LogP contribution in [0.25, 0.3) is 0 Å². The predicted octanol–water partition coefficient (Wildman–Crippen LogP) is 1.82. The fourth-order valence-corrected chi connectivity index (χ4v) is 1.70. The van der Waals surface area contributed by atoms with E-state index in [2.05, 4.69) is 22.2 Å². The van der Waals surface area contributed by atoms with Gasteiger partial charge in [0.25, 0.3) is 0 Å². The van der Waals surface area contributed by atoms with Crippen molar-refractivity contribution < 1.29 is 14.2 Å². The van der Waals surface area contributed by atoms with E-state index in [0.717, 1.165) is 30.0 Å². The van der Waals surface area contributed by atoms with Gasteiger partial charge in [-0.1, -0.05) is 6.92 Å². The molecule has 20 heavy (non-hydrogen) atoms. The second-order valence-electron chi connectivity index (χ2n) is 4.37. The van der Waals surface area contributed by atoms with Crippen molar-refractivity contribution in [3.63, 3.8) is 0 Å².